The molecule has 6 heteroatoms. The van der Waals surface area contributed by atoms with Gasteiger partial charge in [-0.25, -0.2) is 4.79 Å². The lowest BCUT2D eigenvalue weighted by molar-refractivity contribution is 0.0535. The van der Waals surface area contributed by atoms with Crippen molar-refractivity contribution in [1.82, 2.24) is 0 Å². The number of benzene rings is 3. The first-order valence-electron chi connectivity index (χ1n) is 7.70. The molecule has 25 heavy (non-hydrogen) atoms. The number of phenols is 2. The van der Waals surface area contributed by atoms with E-state index in [1.54, 1.807) is 12.1 Å². The normalized spacial score (nSPS) is 14.6. The number of carbonyl (C=O) groups excluding carboxylic acids is 1. The van der Waals surface area contributed by atoms with Crippen molar-refractivity contribution in [3.63, 3.8) is 0 Å². The van der Waals surface area contributed by atoms with Crippen molar-refractivity contribution < 1.29 is 29.2 Å². The maximum atomic E-state index is 12.1. The molecule has 2 heterocycles. The molecule has 3 aromatic rings. The molecule has 0 radical (unpaired) electrons. The maximum Gasteiger partial charge on any atom is 0.338 e. The quantitative estimate of drug-likeness (QED) is 0.524. The minimum Gasteiger partial charge on any atom is -0.504 e. The Hall–Kier alpha value is -3.41. The van der Waals surface area contributed by atoms with Crippen LogP contribution in [0.15, 0.2) is 36.4 Å². The van der Waals surface area contributed by atoms with Gasteiger partial charge in [0.15, 0.2) is 23.0 Å². The van der Waals surface area contributed by atoms with Crippen LogP contribution < -0.4 is 9.47 Å². The number of esters is 1. The third kappa shape index (κ3) is 1.94. The van der Waals surface area contributed by atoms with Crippen LogP contribution in [0.2, 0.25) is 0 Å². The fourth-order valence-electron chi connectivity index (χ4n) is 3.39. The summed E-state index contributed by atoms with van der Waals surface area (Å²) in [6.45, 7) is 0.318. The van der Waals surface area contributed by atoms with E-state index in [9.17, 15) is 15.0 Å². The van der Waals surface area contributed by atoms with E-state index in [1.807, 2.05) is 12.1 Å². The number of hydrogen-bond donors (Lipinski definition) is 2. The molecule has 6 nitrogen and oxygen atoms in total. The Morgan fingerprint density at radius 3 is 2.48 bits per heavy atom. The molecule has 0 saturated carbocycles. The summed E-state index contributed by atoms with van der Waals surface area (Å²) in [4.78, 5) is 12.1. The Bertz CT molecular complexity index is 1070. The fourth-order valence-corrected chi connectivity index (χ4v) is 3.39. The van der Waals surface area contributed by atoms with Crippen LogP contribution >= 0.6 is 0 Å². The molecule has 2 aliphatic heterocycles. The molecule has 0 spiro atoms. The fraction of sp³-hybridized carbons (Fsp3) is 0.105. The summed E-state index contributed by atoms with van der Waals surface area (Å²) >= 11 is 0. The molecule has 0 unspecified atom stereocenters. The van der Waals surface area contributed by atoms with Crippen molar-refractivity contribution in [2.75, 3.05) is 6.79 Å². The van der Waals surface area contributed by atoms with Crippen LogP contribution in [0.4, 0.5) is 0 Å². The van der Waals surface area contributed by atoms with Crippen LogP contribution in [0.1, 0.15) is 15.9 Å². The lowest BCUT2D eigenvalue weighted by Crippen LogP contribution is -1.95. The van der Waals surface area contributed by atoms with E-state index in [2.05, 4.69) is 0 Å². The standard InChI is InChI=1S/C19H12O6/c20-14-2-1-9(4-15(14)21)18-11-6-17-16(24-8-25-17)5-10(11)3-12-13(18)7-23-19(12)22/h1-6,20-21H,7-8H2. The van der Waals surface area contributed by atoms with E-state index >= 15 is 0 Å². The van der Waals surface area contributed by atoms with Gasteiger partial charge in [-0.3, -0.25) is 0 Å². The lowest BCUT2D eigenvalue weighted by atomic mass is 9.90. The molecular weight excluding hydrogens is 324 g/mol. The average Bonchev–Trinajstić information content (AvgIpc) is 3.20. The van der Waals surface area contributed by atoms with Gasteiger partial charge in [0.25, 0.3) is 0 Å². The summed E-state index contributed by atoms with van der Waals surface area (Å²) < 4.78 is 16.1. The van der Waals surface area contributed by atoms with E-state index in [0.717, 1.165) is 21.9 Å². The van der Waals surface area contributed by atoms with Gasteiger partial charge in [-0.2, -0.15) is 0 Å². The highest BCUT2D eigenvalue weighted by atomic mass is 16.7. The SMILES string of the molecule is O=C1OCc2c1cc1cc3c(cc1c2-c1ccc(O)c(O)c1)OCO3. The smallest absolute Gasteiger partial charge is 0.338 e. The minimum absolute atomic E-state index is 0.155. The van der Waals surface area contributed by atoms with E-state index in [0.29, 0.717) is 22.6 Å². The monoisotopic (exact) mass is 336 g/mol. The second-order valence-corrected chi connectivity index (χ2v) is 5.98. The lowest BCUT2D eigenvalue weighted by Gasteiger charge is -2.13. The number of hydrogen-bond acceptors (Lipinski definition) is 6. The third-order valence-electron chi connectivity index (χ3n) is 4.57. The molecule has 0 bridgehead atoms. The van der Waals surface area contributed by atoms with Crippen molar-refractivity contribution >= 4 is 16.7 Å². The summed E-state index contributed by atoms with van der Waals surface area (Å²) in [5, 5.41) is 21.2. The number of rotatable bonds is 1. The summed E-state index contributed by atoms with van der Waals surface area (Å²) in [6, 6.07) is 10.1. The van der Waals surface area contributed by atoms with Crippen molar-refractivity contribution in [2.24, 2.45) is 0 Å². The van der Waals surface area contributed by atoms with Crippen molar-refractivity contribution in [3.05, 3.63) is 47.5 Å². The minimum atomic E-state index is -0.376. The Labute approximate surface area is 141 Å². The predicted octanol–water partition coefficient (Wildman–Crippen LogP) is 3.32. The third-order valence-corrected chi connectivity index (χ3v) is 4.57. The van der Waals surface area contributed by atoms with E-state index in [1.165, 1.54) is 12.1 Å². The predicted molar refractivity (Wildman–Crippen MR) is 88.0 cm³/mol. The van der Waals surface area contributed by atoms with Crippen LogP contribution in [0.25, 0.3) is 21.9 Å². The summed E-state index contributed by atoms with van der Waals surface area (Å²) in [6.07, 6.45) is 0. The number of fused-ring (bicyclic) bond motifs is 3. The maximum absolute atomic E-state index is 12.1. The summed E-state index contributed by atoms with van der Waals surface area (Å²) in [5.74, 6) is 0.443. The highest BCUT2D eigenvalue weighted by Gasteiger charge is 2.28. The van der Waals surface area contributed by atoms with E-state index < -0.39 is 0 Å². The molecular formula is C19H12O6. The summed E-state index contributed by atoms with van der Waals surface area (Å²) in [7, 11) is 0. The first-order chi connectivity index (χ1) is 12.1. The van der Waals surface area contributed by atoms with Gasteiger partial charge in [0.2, 0.25) is 6.79 Å². The highest BCUT2D eigenvalue weighted by Crippen LogP contribution is 2.44. The first kappa shape index (κ1) is 14.0. The zero-order valence-corrected chi connectivity index (χ0v) is 12.9. The van der Waals surface area contributed by atoms with Crippen molar-refractivity contribution in [2.45, 2.75) is 6.61 Å². The molecule has 0 aliphatic carbocycles. The van der Waals surface area contributed by atoms with Gasteiger partial charge in [0, 0.05) is 5.56 Å². The molecule has 0 fully saturated rings. The zero-order chi connectivity index (χ0) is 17.1. The van der Waals surface area contributed by atoms with Crippen LogP contribution in [0, 0.1) is 0 Å². The molecule has 0 aromatic heterocycles. The molecule has 0 atom stereocenters. The van der Waals surface area contributed by atoms with Crippen LogP contribution in [0.5, 0.6) is 23.0 Å². The van der Waals surface area contributed by atoms with Gasteiger partial charge in [0.05, 0.1) is 5.56 Å². The van der Waals surface area contributed by atoms with E-state index in [4.69, 9.17) is 14.2 Å². The molecule has 0 amide bonds. The second kappa shape index (κ2) is 4.80. The molecule has 3 aromatic carbocycles. The van der Waals surface area contributed by atoms with Gasteiger partial charge in [0.1, 0.15) is 6.61 Å². The second-order valence-electron chi connectivity index (χ2n) is 5.98. The van der Waals surface area contributed by atoms with Gasteiger partial charge in [-0.1, -0.05) is 6.07 Å². The number of cyclic esters (lactones) is 1. The highest BCUT2D eigenvalue weighted by molar-refractivity contribution is 6.08. The first-order valence-corrected chi connectivity index (χ1v) is 7.70. The van der Waals surface area contributed by atoms with Gasteiger partial charge in [-0.15, -0.1) is 0 Å². The summed E-state index contributed by atoms with van der Waals surface area (Å²) in [5.41, 5.74) is 2.69. The Morgan fingerprint density at radius 1 is 0.880 bits per heavy atom. The average molecular weight is 336 g/mol. The Balaban J connectivity index is 1.89. The molecule has 2 aliphatic rings. The Kier molecular flexibility index (Phi) is 2.68. The number of ether oxygens (including phenoxy) is 3. The van der Waals surface area contributed by atoms with Gasteiger partial charge in [-0.05, 0) is 52.2 Å². The molecule has 0 saturated heterocycles. The van der Waals surface area contributed by atoms with E-state index in [-0.39, 0.29) is 30.9 Å². The van der Waals surface area contributed by atoms with Gasteiger partial charge < -0.3 is 24.4 Å². The largest absolute Gasteiger partial charge is 0.504 e. The Morgan fingerprint density at radius 2 is 1.68 bits per heavy atom. The van der Waals surface area contributed by atoms with Gasteiger partial charge >= 0.3 is 5.97 Å². The van der Waals surface area contributed by atoms with Crippen LogP contribution in [-0.4, -0.2) is 23.0 Å². The van der Waals surface area contributed by atoms with Crippen LogP contribution in [-0.2, 0) is 11.3 Å². The molecule has 124 valence electrons. The van der Waals surface area contributed by atoms with Crippen LogP contribution in [0.3, 0.4) is 0 Å². The molecule has 5 rings (SSSR count). The van der Waals surface area contributed by atoms with Crippen molar-refractivity contribution in [1.29, 1.82) is 0 Å². The number of phenolic OH excluding ortho intramolecular Hbond substituents is 2. The zero-order valence-electron chi connectivity index (χ0n) is 12.9. The topological polar surface area (TPSA) is 85.2 Å². The number of aromatic hydroxyl groups is 2. The number of carbonyl (C=O) groups is 1. The van der Waals surface area contributed by atoms with Crippen molar-refractivity contribution in [3.8, 4) is 34.1 Å². The molecule has 2 N–H and O–H groups in total.